The van der Waals surface area contributed by atoms with Crippen LogP contribution in [0.25, 0.3) is 5.69 Å². The highest BCUT2D eigenvalue weighted by atomic mass is 35.5. The summed E-state index contributed by atoms with van der Waals surface area (Å²) in [4.78, 5) is 11.7. The predicted molar refractivity (Wildman–Crippen MR) is 104 cm³/mol. The molecule has 29 heavy (non-hydrogen) atoms. The molecule has 0 spiro atoms. The summed E-state index contributed by atoms with van der Waals surface area (Å²) >= 11 is 11.9. The maximum Gasteiger partial charge on any atom is 0.287 e. The van der Waals surface area contributed by atoms with Gasteiger partial charge < -0.3 is 4.74 Å². The minimum Gasteiger partial charge on any atom is -0.497 e. The molecule has 0 radical (unpaired) electrons. The number of benzene rings is 2. The van der Waals surface area contributed by atoms with Gasteiger partial charge in [0.15, 0.2) is 5.69 Å². The number of nitrogens with zero attached hydrogens (tertiary/aromatic N) is 3. The molecule has 3 aromatic rings. The summed E-state index contributed by atoms with van der Waals surface area (Å²) in [6.07, 6.45) is 0. The molecule has 152 valence electrons. The maximum atomic E-state index is 13.9. The van der Waals surface area contributed by atoms with Gasteiger partial charge in [-0.3, -0.25) is 4.79 Å². The molecule has 0 aliphatic carbocycles. The van der Waals surface area contributed by atoms with E-state index < -0.39 is 26.6 Å². The molecule has 0 aliphatic rings. The van der Waals surface area contributed by atoms with Crippen molar-refractivity contribution in [1.29, 1.82) is 0 Å². The molecular weight excluding hydrogens is 446 g/mol. The van der Waals surface area contributed by atoms with E-state index in [0.29, 0.717) is 16.5 Å². The van der Waals surface area contributed by atoms with Crippen LogP contribution >= 0.6 is 23.2 Å². The number of carbonyl (C=O) groups excluding carboxylic acids is 1. The Hall–Kier alpha value is -2.69. The fourth-order valence-electron chi connectivity index (χ4n) is 2.46. The normalized spacial score (nSPS) is 11.3. The van der Waals surface area contributed by atoms with Gasteiger partial charge in [0.25, 0.3) is 15.9 Å². The fraction of sp³-hybridized carbons (Fsp3) is 0.118. The van der Waals surface area contributed by atoms with Gasteiger partial charge >= 0.3 is 0 Å². The third kappa shape index (κ3) is 4.19. The number of ether oxygens (including phenoxy) is 1. The SMILES string of the molecule is COc1ccc(Cl)c(-n2nnc(C(=O)NS(=O)(=O)c3cc(Cl)ccc3F)c2C)c1. The minimum atomic E-state index is -4.53. The molecule has 2 aromatic carbocycles. The molecule has 1 amide bonds. The second-order valence-corrected chi connectivity index (χ2v) is 8.26. The van der Waals surface area contributed by atoms with Crippen molar-refractivity contribution in [1.82, 2.24) is 19.7 Å². The van der Waals surface area contributed by atoms with Gasteiger partial charge in [-0.15, -0.1) is 5.10 Å². The van der Waals surface area contributed by atoms with Gasteiger partial charge in [-0.05, 0) is 37.3 Å². The van der Waals surface area contributed by atoms with Gasteiger partial charge in [-0.2, -0.15) is 0 Å². The van der Waals surface area contributed by atoms with Gasteiger partial charge in [0.1, 0.15) is 16.5 Å². The molecule has 0 atom stereocenters. The molecule has 1 heterocycles. The lowest BCUT2D eigenvalue weighted by Gasteiger charge is -2.09. The number of nitrogens with one attached hydrogen (secondary N) is 1. The highest BCUT2D eigenvalue weighted by Crippen LogP contribution is 2.26. The van der Waals surface area contributed by atoms with Crippen LogP contribution in [0.4, 0.5) is 4.39 Å². The number of hydrogen-bond donors (Lipinski definition) is 1. The smallest absolute Gasteiger partial charge is 0.287 e. The molecule has 0 saturated carbocycles. The zero-order valence-corrected chi connectivity index (χ0v) is 17.3. The summed E-state index contributed by atoms with van der Waals surface area (Å²) in [5.74, 6) is -1.66. The zero-order valence-electron chi connectivity index (χ0n) is 15.0. The number of aromatic nitrogens is 3. The Labute approximate surface area is 175 Å². The molecule has 3 rings (SSSR count). The van der Waals surface area contributed by atoms with E-state index in [0.717, 1.165) is 12.1 Å². The second kappa shape index (κ2) is 7.97. The second-order valence-electron chi connectivity index (χ2n) is 5.76. The maximum absolute atomic E-state index is 13.9. The third-order valence-corrected chi connectivity index (χ3v) is 5.80. The Morgan fingerprint density at radius 2 is 1.93 bits per heavy atom. The fourth-order valence-corrected chi connectivity index (χ4v) is 3.95. The van der Waals surface area contributed by atoms with Crippen molar-refractivity contribution in [3.63, 3.8) is 0 Å². The minimum absolute atomic E-state index is 0.00554. The van der Waals surface area contributed by atoms with Gasteiger partial charge in [-0.1, -0.05) is 28.4 Å². The van der Waals surface area contributed by atoms with Crippen LogP contribution in [-0.4, -0.2) is 36.4 Å². The molecular formula is C17H13Cl2FN4O4S. The first-order valence-electron chi connectivity index (χ1n) is 7.92. The first kappa shape index (κ1) is 21.0. The zero-order chi connectivity index (χ0) is 21.3. The van der Waals surface area contributed by atoms with Crippen LogP contribution in [0.2, 0.25) is 10.0 Å². The Bertz CT molecular complexity index is 1210. The van der Waals surface area contributed by atoms with Crippen LogP contribution in [0.3, 0.4) is 0 Å². The molecule has 0 fully saturated rings. The van der Waals surface area contributed by atoms with E-state index in [-0.39, 0.29) is 16.4 Å². The van der Waals surface area contributed by atoms with E-state index in [1.54, 1.807) is 22.9 Å². The summed E-state index contributed by atoms with van der Waals surface area (Å²) in [7, 11) is -3.06. The van der Waals surface area contributed by atoms with Crippen molar-refractivity contribution in [2.45, 2.75) is 11.8 Å². The number of halogens is 3. The Kier molecular flexibility index (Phi) is 5.78. The van der Waals surface area contributed by atoms with E-state index in [1.807, 2.05) is 0 Å². The van der Waals surface area contributed by atoms with E-state index in [2.05, 4.69) is 10.3 Å². The number of sulfonamides is 1. The highest BCUT2D eigenvalue weighted by molar-refractivity contribution is 7.90. The lowest BCUT2D eigenvalue weighted by Crippen LogP contribution is -2.32. The van der Waals surface area contributed by atoms with Gasteiger partial charge in [0.05, 0.1) is 23.5 Å². The van der Waals surface area contributed by atoms with Crippen LogP contribution in [0.1, 0.15) is 16.2 Å². The van der Waals surface area contributed by atoms with Crippen LogP contribution in [0.15, 0.2) is 41.3 Å². The molecule has 0 aliphatic heterocycles. The molecule has 1 N–H and O–H groups in total. The van der Waals surface area contributed by atoms with Crippen LogP contribution < -0.4 is 9.46 Å². The van der Waals surface area contributed by atoms with Gasteiger partial charge in [0, 0.05) is 11.1 Å². The Morgan fingerprint density at radius 3 is 2.62 bits per heavy atom. The summed E-state index contributed by atoms with van der Waals surface area (Å²) in [6.45, 7) is 1.50. The summed E-state index contributed by atoms with van der Waals surface area (Å²) in [5.41, 5.74) is 0.299. The van der Waals surface area contributed by atoms with Crippen molar-refractivity contribution >= 4 is 39.1 Å². The molecule has 1 aromatic heterocycles. The Morgan fingerprint density at radius 1 is 1.21 bits per heavy atom. The first-order chi connectivity index (χ1) is 13.6. The quantitative estimate of drug-likeness (QED) is 0.629. The lowest BCUT2D eigenvalue weighted by atomic mass is 10.2. The topological polar surface area (TPSA) is 103 Å². The third-order valence-electron chi connectivity index (χ3n) is 3.90. The summed E-state index contributed by atoms with van der Waals surface area (Å²) in [5, 5.41) is 7.88. The number of methoxy groups -OCH3 is 1. The molecule has 0 bridgehead atoms. The first-order valence-corrected chi connectivity index (χ1v) is 10.2. The van der Waals surface area contributed by atoms with E-state index >= 15 is 0 Å². The summed E-state index contributed by atoms with van der Waals surface area (Å²) < 4.78 is 46.8. The molecule has 0 saturated heterocycles. The largest absolute Gasteiger partial charge is 0.497 e. The lowest BCUT2D eigenvalue weighted by molar-refractivity contribution is 0.0976. The van der Waals surface area contributed by atoms with Crippen molar-refractivity contribution in [3.05, 3.63) is 63.6 Å². The standard InChI is InChI=1S/C17H13Cl2FN4O4S/c1-9-16(21-23-24(9)14-8-11(28-2)4-5-12(14)19)17(25)22-29(26,27)15-7-10(18)3-6-13(15)20/h3-8H,1-2H3,(H,22,25). The average molecular weight is 459 g/mol. The average Bonchev–Trinajstić information content (AvgIpc) is 3.05. The van der Waals surface area contributed by atoms with Crippen LogP contribution in [0, 0.1) is 12.7 Å². The van der Waals surface area contributed by atoms with Crippen molar-refractivity contribution in [3.8, 4) is 11.4 Å². The van der Waals surface area contributed by atoms with E-state index in [9.17, 15) is 17.6 Å². The number of carbonyl (C=O) groups is 1. The van der Waals surface area contributed by atoms with E-state index in [4.69, 9.17) is 27.9 Å². The predicted octanol–water partition coefficient (Wildman–Crippen LogP) is 3.15. The summed E-state index contributed by atoms with van der Waals surface area (Å²) in [6, 6.07) is 7.75. The molecule has 0 unspecified atom stereocenters. The van der Waals surface area contributed by atoms with Crippen molar-refractivity contribution in [2.24, 2.45) is 0 Å². The highest BCUT2D eigenvalue weighted by Gasteiger charge is 2.26. The van der Waals surface area contributed by atoms with E-state index in [1.165, 1.54) is 24.8 Å². The number of amides is 1. The van der Waals surface area contributed by atoms with Crippen LogP contribution in [-0.2, 0) is 10.0 Å². The number of hydrogen-bond acceptors (Lipinski definition) is 6. The monoisotopic (exact) mass is 458 g/mol. The van der Waals surface area contributed by atoms with Gasteiger partial charge in [-0.25, -0.2) is 22.2 Å². The number of rotatable bonds is 5. The Balaban J connectivity index is 1.95. The van der Waals surface area contributed by atoms with Gasteiger partial charge in [0.2, 0.25) is 0 Å². The van der Waals surface area contributed by atoms with Crippen molar-refractivity contribution < 1.29 is 22.3 Å². The molecule has 12 heteroatoms. The molecule has 8 nitrogen and oxygen atoms in total. The van der Waals surface area contributed by atoms with Crippen molar-refractivity contribution in [2.75, 3.05) is 7.11 Å². The van der Waals surface area contributed by atoms with Crippen LogP contribution in [0.5, 0.6) is 5.75 Å².